The van der Waals surface area contributed by atoms with E-state index in [0.717, 1.165) is 62.9 Å². The molecule has 0 bridgehead atoms. The lowest BCUT2D eigenvalue weighted by Crippen LogP contribution is -2.43. The molecule has 4 amide bonds. The SMILES string of the molecule is CC[C@@]1(O)C(=O)CCc2c1cc1n(c2=O)Cc2c-1nc1ccc(CC(=O)CNC(=O)[C@@H](CC(=O)CNC(=O)CCC(=O)CCCCCN3C(=O)C=CC3=O)Cc3ccccc3)c3c1c2CCC3. The van der Waals surface area contributed by atoms with E-state index < -0.39 is 23.3 Å². The van der Waals surface area contributed by atoms with Crippen molar-refractivity contribution < 1.29 is 43.5 Å². The van der Waals surface area contributed by atoms with Gasteiger partial charge >= 0.3 is 0 Å². The van der Waals surface area contributed by atoms with Crippen molar-refractivity contribution in [2.75, 3.05) is 19.6 Å². The summed E-state index contributed by atoms with van der Waals surface area (Å²) < 4.78 is 1.71. The highest BCUT2D eigenvalue weighted by Gasteiger charge is 2.43. The Kier molecular flexibility index (Phi) is 14.0. The number of amides is 4. The van der Waals surface area contributed by atoms with E-state index in [9.17, 15) is 48.3 Å². The van der Waals surface area contributed by atoms with Crippen LogP contribution in [0.5, 0.6) is 0 Å². The molecule has 2 atom stereocenters. The number of pyridine rings is 2. The van der Waals surface area contributed by atoms with E-state index in [4.69, 9.17) is 4.98 Å². The molecule has 348 valence electrons. The van der Waals surface area contributed by atoms with Gasteiger partial charge < -0.3 is 20.3 Å². The van der Waals surface area contributed by atoms with Gasteiger partial charge in [0.15, 0.2) is 17.3 Å². The number of aliphatic hydroxyl groups is 1. The largest absolute Gasteiger partial charge is 0.377 e. The van der Waals surface area contributed by atoms with Crippen LogP contribution in [-0.2, 0) is 82.6 Å². The summed E-state index contributed by atoms with van der Waals surface area (Å²) in [5.74, 6) is -3.38. The Hall–Kier alpha value is -6.74. The van der Waals surface area contributed by atoms with E-state index in [0.29, 0.717) is 54.9 Å². The standard InChI is InChI=1S/C52H55N5O10/c1-2-52(67)41-27-43-49-40(30-57(43)51(66)39(41)17-19-44(52)61)38-14-9-13-37-32(15-18-42(55-49)48(37)38)25-35(59)29-54-50(65)33(24-31-10-5-3-6-11-31)26-36(60)28-53-45(62)20-16-34(58)12-7-4-8-23-56-46(63)21-22-47(56)64/h3,5-6,10-11,15,18,21-22,27,33,67H,2,4,7-9,12-14,16-17,19-20,23-26,28-30H2,1H3,(H,53,62)(H,54,65)/t33-,52+/m1/s1. The molecule has 2 aromatic carbocycles. The van der Waals surface area contributed by atoms with Gasteiger partial charge in [-0.05, 0) is 85.8 Å². The highest BCUT2D eigenvalue weighted by molar-refractivity contribution is 6.12. The fourth-order valence-electron chi connectivity index (χ4n) is 10.1. The van der Waals surface area contributed by atoms with Gasteiger partial charge in [0, 0.05) is 85.2 Å². The van der Waals surface area contributed by atoms with Crippen LogP contribution in [-0.4, -0.2) is 86.0 Å². The lowest BCUT2D eigenvalue weighted by atomic mass is 9.77. The van der Waals surface area contributed by atoms with Crippen molar-refractivity contribution in [3.05, 3.63) is 110 Å². The second-order valence-electron chi connectivity index (χ2n) is 18.2. The summed E-state index contributed by atoms with van der Waals surface area (Å²) in [6.45, 7) is 1.81. The number of fused-ring (bicyclic) bond motifs is 5. The fourth-order valence-corrected chi connectivity index (χ4v) is 10.1. The fraction of sp³-hybridized carbons (Fsp3) is 0.423. The highest BCUT2D eigenvalue weighted by atomic mass is 16.3. The average Bonchev–Trinajstić information content (AvgIpc) is 3.86. The van der Waals surface area contributed by atoms with Crippen LogP contribution in [0.3, 0.4) is 0 Å². The molecule has 15 heteroatoms. The van der Waals surface area contributed by atoms with E-state index in [1.165, 1.54) is 12.2 Å². The first kappa shape index (κ1) is 46.8. The maximum absolute atomic E-state index is 13.9. The second kappa shape index (κ2) is 20.0. The van der Waals surface area contributed by atoms with Crippen LogP contribution >= 0.6 is 0 Å². The zero-order chi connectivity index (χ0) is 47.4. The van der Waals surface area contributed by atoms with Gasteiger partial charge in [0.1, 0.15) is 11.4 Å². The summed E-state index contributed by atoms with van der Waals surface area (Å²) in [5.41, 5.74) is 5.64. The number of imide groups is 1. The minimum Gasteiger partial charge on any atom is -0.377 e. The number of carbonyl (C=O) groups is 8. The number of hydrogen-bond acceptors (Lipinski definition) is 11. The van der Waals surface area contributed by atoms with Crippen molar-refractivity contribution in [3.8, 4) is 11.4 Å². The normalized spacial score (nSPS) is 17.3. The number of carbonyl (C=O) groups excluding carboxylic acids is 8. The molecule has 4 aliphatic rings. The third-order valence-electron chi connectivity index (χ3n) is 13.8. The predicted molar refractivity (Wildman–Crippen MR) is 247 cm³/mol. The van der Waals surface area contributed by atoms with E-state index in [1.54, 1.807) is 17.6 Å². The number of Topliss-reactive ketones (excluding diaryl/α,β-unsaturated/α-hetero) is 4. The summed E-state index contributed by atoms with van der Waals surface area (Å²) in [4.78, 5) is 122. The van der Waals surface area contributed by atoms with Crippen molar-refractivity contribution >= 4 is 57.7 Å². The quantitative estimate of drug-likeness (QED) is 0.0706. The molecule has 67 heavy (non-hydrogen) atoms. The Morgan fingerprint density at radius 2 is 1.52 bits per heavy atom. The molecule has 15 nitrogen and oxygen atoms in total. The molecule has 0 saturated heterocycles. The summed E-state index contributed by atoms with van der Waals surface area (Å²) in [7, 11) is 0. The van der Waals surface area contributed by atoms with Gasteiger partial charge in [-0.25, -0.2) is 4.98 Å². The first-order valence-electron chi connectivity index (χ1n) is 23.4. The molecule has 0 spiro atoms. The smallest absolute Gasteiger partial charge is 0.254 e. The molecule has 0 saturated carbocycles. The maximum Gasteiger partial charge on any atom is 0.254 e. The van der Waals surface area contributed by atoms with Gasteiger partial charge in [-0.15, -0.1) is 0 Å². The van der Waals surface area contributed by atoms with Gasteiger partial charge in [-0.1, -0.05) is 49.7 Å². The molecule has 3 N–H and O–H groups in total. The predicted octanol–water partition coefficient (Wildman–Crippen LogP) is 4.02. The molecule has 8 rings (SSSR count). The maximum atomic E-state index is 13.9. The van der Waals surface area contributed by atoms with Gasteiger partial charge in [0.05, 0.1) is 36.5 Å². The molecule has 4 aromatic rings. The van der Waals surface area contributed by atoms with Crippen LogP contribution in [0.25, 0.3) is 22.3 Å². The van der Waals surface area contributed by atoms with Crippen molar-refractivity contribution in [1.82, 2.24) is 25.1 Å². The number of hydrogen-bond donors (Lipinski definition) is 3. The van der Waals surface area contributed by atoms with E-state index in [2.05, 4.69) is 10.6 Å². The summed E-state index contributed by atoms with van der Waals surface area (Å²) in [6.07, 6.45) is 7.45. The monoisotopic (exact) mass is 909 g/mol. The second-order valence-corrected chi connectivity index (χ2v) is 18.2. The van der Waals surface area contributed by atoms with Gasteiger partial charge in [-0.2, -0.15) is 0 Å². The third-order valence-corrected chi connectivity index (χ3v) is 13.8. The Bertz CT molecular complexity index is 2790. The molecular formula is C52H55N5O10. The van der Waals surface area contributed by atoms with E-state index in [-0.39, 0.29) is 111 Å². The molecule has 0 radical (unpaired) electrons. The number of ketones is 4. The Morgan fingerprint density at radius 3 is 2.28 bits per heavy atom. The lowest BCUT2D eigenvalue weighted by molar-refractivity contribution is -0.140. The van der Waals surface area contributed by atoms with Gasteiger partial charge in [0.2, 0.25) is 11.8 Å². The number of nitrogens with one attached hydrogen (secondary N) is 2. The molecule has 0 unspecified atom stereocenters. The van der Waals surface area contributed by atoms with Crippen molar-refractivity contribution in [2.45, 2.75) is 115 Å². The number of unbranched alkanes of at least 4 members (excludes halogenated alkanes) is 2. The number of aryl methyl sites for hydroxylation is 2. The molecule has 2 aromatic heterocycles. The Labute approximate surface area is 387 Å². The summed E-state index contributed by atoms with van der Waals surface area (Å²) in [6, 6.07) is 14.8. The van der Waals surface area contributed by atoms with Crippen molar-refractivity contribution in [2.24, 2.45) is 5.92 Å². The number of benzene rings is 2. The first-order valence-corrected chi connectivity index (χ1v) is 23.4. The van der Waals surface area contributed by atoms with Crippen LogP contribution in [0.2, 0.25) is 0 Å². The molecule has 2 aliphatic carbocycles. The summed E-state index contributed by atoms with van der Waals surface area (Å²) in [5, 5.41) is 17.7. The topological polar surface area (TPSA) is 219 Å². The van der Waals surface area contributed by atoms with E-state index in [1.807, 2.05) is 42.5 Å². The molecule has 0 fully saturated rings. The minimum atomic E-state index is -1.71. The van der Waals surface area contributed by atoms with Crippen molar-refractivity contribution in [3.63, 3.8) is 0 Å². The van der Waals surface area contributed by atoms with Crippen LogP contribution < -0.4 is 16.2 Å². The Balaban J connectivity index is 0.858. The van der Waals surface area contributed by atoms with Crippen LogP contribution in [0.15, 0.2) is 65.5 Å². The zero-order valence-corrected chi connectivity index (χ0v) is 37.7. The van der Waals surface area contributed by atoms with Crippen LogP contribution in [0, 0.1) is 5.92 Å². The number of aromatic nitrogens is 2. The lowest BCUT2D eigenvalue weighted by Gasteiger charge is -2.32. The zero-order valence-electron chi connectivity index (χ0n) is 37.7. The van der Waals surface area contributed by atoms with Crippen LogP contribution in [0.1, 0.15) is 110 Å². The van der Waals surface area contributed by atoms with Crippen LogP contribution in [0.4, 0.5) is 0 Å². The van der Waals surface area contributed by atoms with Crippen molar-refractivity contribution in [1.29, 1.82) is 0 Å². The van der Waals surface area contributed by atoms with Gasteiger partial charge in [-0.3, -0.25) is 48.1 Å². The third kappa shape index (κ3) is 9.88. The summed E-state index contributed by atoms with van der Waals surface area (Å²) >= 11 is 0. The molecular weight excluding hydrogens is 855 g/mol. The average molecular weight is 910 g/mol. The minimum absolute atomic E-state index is 0.0100. The molecule has 4 heterocycles. The highest BCUT2D eigenvalue weighted by Crippen LogP contribution is 2.43. The first-order chi connectivity index (χ1) is 32.2. The number of nitrogens with zero attached hydrogens (tertiary/aromatic N) is 3. The van der Waals surface area contributed by atoms with E-state index >= 15 is 0 Å². The van der Waals surface area contributed by atoms with Gasteiger partial charge in [0.25, 0.3) is 17.4 Å². The Morgan fingerprint density at radius 1 is 0.776 bits per heavy atom. The molecule has 2 aliphatic heterocycles. The number of rotatable bonds is 21.